The number of aromatic nitrogens is 5. The number of anilines is 2. The number of hydrogen-bond acceptors (Lipinski definition) is 10. The van der Waals surface area contributed by atoms with Crippen molar-refractivity contribution in [1.82, 2.24) is 35.3 Å². The summed E-state index contributed by atoms with van der Waals surface area (Å²) in [6.45, 7) is 4.26. The maximum absolute atomic E-state index is 13.0. The molecule has 3 aromatic rings. The van der Waals surface area contributed by atoms with Gasteiger partial charge < -0.3 is 31.3 Å². The van der Waals surface area contributed by atoms with Crippen LogP contribution in [0, 0.1) is 5.41 Å². The zero-order chi connectivity index (χ0) is 22.7. The average Bonchev–Trinajstić information content (AvgIpc) is 3.54. The van der Waals surface area contributed by atoms with Crippen LogP contribution in [0.15, 0.2) is 16.9 Å². The van der Waals surface area contributed by atoms with Crippen molar-refractivity contribution in [2.75, 3.05) is 31.2 Å². The molecule has 1 atom stereocenters. The molecule has 0 unspecified atom stereocenters. The Morgan fingerprint density at radius 3 is 2.88 bits per heavy atom. The van der Waals surface area contributed by atoms with Crippen molar-refractivity contribution < 1.29 is 9.32 Å². The second-order valence-corrected chi connectivity index (χ2v) is 7.62. The van der Waals surface area contributed by atoms with Gasteiger partial charge in [0.05, 0.1) is 6.04 Å². The minimum absolute atomic E-state index is 0.260. The molecule has 1 saturated heterocycles. The fourth-order valence-electron chi connectivity index (χ4n) is 3.69. The molecule has 12 heteroatoms. The van der Waals surface area contributed by atoms with Crippen LogP contribution in [-0.2, 0) is 6.54 Å². The number of hydrogen-bond donors (Lipinski definition) is 5. The first-order valence-electron chi connectivity index (χ1n) is 10.4. The normalized spacial score (nSPS) is 14.9. The number of amides is 1. The Labute approximate surface area is 184 Å². The first-order chi connectivity index (χ1) is 15.5. The first kappa shape index (κ1) is 21.4. The van der Waals surface area contributed by atoms with Crippen LogP contribution in [0.4, 0.5) is 11.6 Å². The lowest BCUT2D eigenvalue weighted by Gasteiger charge is -2.18. The molecule has 32 heavy (non-hydrogen) atoms. The molecular weight excluding hydrogens is 412 g/mol. The van der Waals surface area contributed by atoms with Crippen LogP contribution < -0.4 is 16.4 Å². The highest BCUT2D eigenvalue weighted by molar-refractivity contribution is 5.94. The highest BCUT2D eigenvalue weighted by Crippen LogP contribution is 2.24. The Balaban J connectivity index is 1.50. The van der Waals surface area contributed by atoms with E-state index in [0.29, 0.717) is 46.7 Å². The lowest BCUT2D eigenvalue weighted by molar-refractivity contribution is 0.0926. The van der Waals surface area contributed by atoms with Crippen molar-refractivity contribution in [3.63, 3.8) is 0 Å². The van der Waals surface area contributed by atoms with Crippen LogP contribution in [-0.4, -0.2) is 62.3 Å². The van der Waals surface area contributed by atoms with Crippen LogP contribution in [0.25, 0.3) is 11.5 Å². The summed E-state index contributed by atoms with van der Waals surface area (Å²) in [7, 11) is 1.73. The minimum atomic E-state index is -0.472. The monoisotopic (exact) mass is 438 g/mol. The molecule has 12 nitrogen and oxygen atoms in total. The van der Waals surface area contributed by atoms with E-state index in [4.69, 9.17) is 15.7 Å². The van der Waals surface area contributed by atoms with Crippen molar-refractivity contribution in [1.29, 1.82) is 5.41 Å². The molecule has 4 heterocycles. The Morgan fingerprint density at radius 2 is 2.19 bits per heavy atom. The van der Waals surface area contributed by atoms with Crippen LogP contribution in [0.3, 0.4) is 0 Å². The molecule has 1 aliphatic heterocycles. The third-order valence-electron chi connectivity index (χ3n) is 5.44. The summed E-state index contributed by atoms with van der Waals surface area (Å²) in [6, 6.07) is 1.22. The Bertz CT molecular complexity index is 1120. The van der Waals surface area contributed by atoms with Gasteiger partial charge in [0, 0.05) is 31.4 Å². The largest absolute Gasteiger partial charge is 0.383 e. The van der Waals surface area contributed by atoms with E-state index in [2.05, 4.69) is 40.6 Å². The van der Waals surface area contributed by atoms with Crippen molar-refractivity contribution in [2.45, 2.75) is 32.4 Å². The van der Waals surface area contributed by atoms with E-state index < -0.39 is 6.04 Å². The van der Waals surface area contributed by atoms with Crippen molar-refractivity contribution in [3.05, 3.63) is 35.1 Å². The number of nitrogen functional groups attached to an aromatic ring is 1. The molecule has 0 saturated carbocycles. The summed E-state index contributed by atoms with van der Waals surface area (Å²) in [6.07, 6.45) is 4.70. The molecule has 6 N–H and O–H groups in total. The molecule has 1 aliphatic rings. The molecule has 0 radical (unpaired) electrons. The van der Waals surface area contributed by atoms with Crippen LogP contribution in [0.1, 0.15) is 53.3 Å². The van der Waals surface area contributed by atoms with E-state index in [1.54, 1.807) is 20.0 Å². The minimum Gasteiger partial charge on any atom is -0.383 e. The maximum Gasteiger partial charge on any atom is 0.271 e. The summed E-state index contributed by atoms with van der Waals surface area (Å²) in [5.74, 6) is 1.47. The number of carbonyl (C=O) groups excluding carboxylic acids is 1. The molecular formula is C20H26N10O2. The molecule has 4 rings (SSSR count). The number of rotatable bonds is 8. The van der Waals surface area contributed by atoms with E-state index in [1.807, 2.05) is 0 Å². The standard InChI is InChI=1S/C20H26N10O2/c1-11(15-7-13(29-32-15)19-27-14(8-21)18(23-2)28-19)26-20(31)16-12(17(22)25-10-24-16)9-30-5-3-4-6-30/h7-8,10-11,21,23H,3-6,9H2,1-2H3,(H,26,31)(H,27,28)(H2,22,24,25)/t11-/m1/s1. The van der Waals surface area contributed by atoms with Crippen molar-refractivity contribution in [3.8, 4) is 11.5 Å². The topological polar surface area (TPSA) is 175 Å². The van der Waals surface area contributed by atoms with Gasteiger partial charge in [0.15, 0.2) is 11.6 Å². The van der Waals surface area contributed by atoms with Gasteiger partial charge in [-0.1, -0.05) is 5.16 Å². The van der Waals surface area contributed by atoms with Gasteiger partial charge in [-0.3, -0.25) is 9.69 Å². The zero-order valence-corrected chi connectivity index (χ0v) is 18.0. The second-order valence-electron chi connectivity index (χ2n) is 7.62. The molecule has 0 aliphatic carbocycles. The smallest absolute Gasteiger partial charge is 0.271 e. The molecule has 168 valence electrons. The van der Waals surface area contributed by atoms with E-state index >= 15 is 0 Å². The van der Waals surface area contributed by atoms with Gasteiger partial charge in [0.25, 0.3) is 5.91 Å². The van der Waals surface area contributed by atoms with Gasteiger partial charge in [-0.05, 0) is 32.9 Å². The fraction of sp³-hybridized carbons (Fsp3) is 0.400. The van der Waals surface area contributed by atoms with Crippen molar-refractivity contribution in [2.24, 2.45) is 0 Å². The van der Waals surface area contributed by atoms with Gasteiger partial charge in [-0.2, -0.15) is 0 Å². The number of imidazole rings is 1. The number of nitrogens with one attached hydrogen (secondary N) is 4. The highest BCUT2D eigenvalue weighted by atomic mass is 16.5. The SMILES string of the molecule is CNc1[nH]c(-c2cc([C@@H](C)NC(=O)c3ncnc(N)c3CN3CCCC3)on2)nc1C=N. The van der Waals surface area contributed by atoms with Crippen LogP contribution in [0.2, 0.25) is 0 Å². The van der Waals surface area contributed by atoms with E-state index in [1.165, 1.54) is 6.33 Å². The van der Waals surface area contributed by atoms with Crippen LogP contribution >= 0.6 is 0 Å². The molecule has 1 amide bonds. The number of carbonyl (C=O) groups is 1. The predicted octanol–water partition coefficient (Wildman–Crippen LogP) is 1.56. The Morgan fingerprint density at radius 1 is 1.41 bits per heavy atom. The number of likely N-dealkylation sites (tertiary alicyclic amines) is 1. The van der Waals surface area contributed by atoms with E-state index in [0.717, 1.165) is 32.1 Å². The summed E-state index contributed by atoms with van der Waals surface area (Å²) in [4.78, 5) is 30.8. The first-order valence-corrected chi connectivity index (χ1v) is 10.4. The van der Waals surface area contributed by atoms with E-state index in [9.17, 15) is 4.79 Å². The predicted molar refractivity (Wildman–Crippen MR) is 118 cm³/mol. The second kappa shape index (κ2) is 9.14. The summed E-state index contributed by atoms with van der Waals surface area (Å²) in [5, 5.41) is 17.3. The summed E-state index contributed by atoms with van der Waals surface area (Å²) < 4.78 is 5.43. The molecule has 1 fully saturated rings. The van der Waals surface area contributed by atoms with E-state index in [-0.39, 0.29) is 11.6 Å². The number of nitrogens with zero attached hydrogens (tertiary/aromatic N) is 5. The van der Waals surface area contributed by atoms with Gasteiger partial charge in [0.1, 0.15) is 35.0 Å². The Kier molecular flexibility index (Phi) is 6.12. The third kappa shape index (κ3) is 4.30. The lowest BCUT2D eigenvalue weighted by atomic mass is 10.1. The number of nitrogens with two attached hydrogens (primary N) is 1. The molecule has 0 spiro atoms. The van der Waals surface area contributed by atoms with Gasteiger partial charge in [-0.25, -0.2) is 15.0 Å². The Hall–Kier alpha value is -3.80. The third-order valence-corrected chi connectivity index (χ3v) is 5.44. The number of H-pyrrole nitrogens is 1. The average molecular weight is 438 g/mol. The van der Waals surface area contributed by atoms with Gasteiger partial charge in [0.2, 0.25) is 0 Å². The maximum atomic E-state index is 13.0. The van der Waals surface area contributed by atoms with Crippen LogP contribution in [0.5, 0.6) is 0 Å². The molecule has 3 aromatic heterocycles. The van der Waals surface area contributed by atoms with Gasteiger partial charge >= 0.3 is 0 Å². The molecule has 0 bridgehead atoms. The zero-order valence-electron chi connectivity index (χ0n) is 18.0. The fourth-order valence-corrected chi connectivity index (χ4v) is 3.69. The van der Waals surface area contributed by atoms with Crippen molar-refractivity contribution >= 4 is 23.8 Å². The summed E-state index contributed by atoms with van der Waals surface area (Å²) in [5.41, 5.74) is 7.88. The highest BCUT2D eigenvalue weighted by Gasteiger charge is 2.24. The summed E-state index contributed by atoms with van der Waals surface area (Å²) >= 11 is 0. The lowest BCUT2D eigenvalue weighted by Crippen LogP contribution is -2.30. The quantitative estimate of drug-likeness (QED) is 0.327. The van der Waals surface area contributed by atoms with Gasteiger partial charge in [-0.15, -0.1) is 0 Å². The molecule has 0 aromatic carbocycles. The number of aromatic amines is 1.